The maximum Gasteiger partial charge on any atom is 0.161 e. The van der Waals surface area contributed by atoms with Crippen LogP contribution in [-0.4, -0.2) is 21.0 Å². The molecule has 0 fully saturated rings. The molecule has 0 aliphatic carbocycles. The number of aromatic nitrogens is 2. The number of nitrogens with zero attached hydrogens (tertiary/aromatic N) is 2. The Balaban J connectivity index is 2.32. The third kappa shape index (κ3) is 2.64. The van der Waals surface area contributed by atoms with Gasteiger partial charge < -0.3 is 11.5 Å². The van der Waals surface area contributed by atoms with E-state index >= 15 is 0 Å². The van der Waals surface area contributed by atoms with Gasteiger partial charge in [-0.1, -0.05) is 0 Å². The van der Waals surface area contributed by atoms with Crippen LogP contribution in [0.5, 0.6) is 0 Å². The Labute approximate surface area is 73.7 Å². The van der Waals surface area contributed by atoms with Gasteiger partial charge in [-0.25, -0.2) is 0 Å². The quantitative estimate of drug-likeness (QED) is 0.668. The summed E-state index contributed by atoms with van der Waals surface area (Å²) in [6.07, 6.45) is 0. The average molecular weight is 190 g/mol. The minimum atomic E-state index is 0.555. The van der Waals surface area contributed by atoms with Gasteiger partial charge in [0.2, 0.25) is 0 Å². The fourth-order valence-electron chi connectivity index (χ4n) is 0.566. The number of thioether (sulfide) groups is 1. The summed E-state index contributed by atoms with van der Waals surface area (Å²) in [4.78, 5) is 0. The molecule has 4 N–H and O–H groups in total. The van der Waals surface area contributed by atoms with E-state index in [1.165, 1.54) is 0 Å². The van der Waals surface area contributed by atoms with E-state index in [0.29, 0.717) is 12.4 Å². The topological polar surface area (TPSA) is 77.8 Å². The summed E-state index contributed by atoms with van der Waals surface area (Å²) in [5.41, 5.74) is 11.7. The van der Waals surface area contributed by atoms with Crippen LogP contribution >= 0.6 is 23.5 Å². The van der Waals surface area contributed by atoms with Crippen LogP contribution in [0.25, 0.3) is 0 Å². The van der Waals surface area contributed by atoms with Crippen LogP contribution in [0.3, 0.4) is 0 Å². The Morgan fingerprint density at radius 3 is 2.82 bits per heavy atom. The van der Waals surface area contributed by atoms with E-state index < -0.39 is 0 Å². The van der Waals surface area contributed by atoms with Crippen molar-refractivity contribution >= 4 is 29.3 Å². The summed E-state index contributed by atoms with van der Waals surface area (Å²) in [6, 6.07) is 0. The zero-order chi connectivity index (χ0) is 8.10. The molecule has 0 saturated heterocycles. The van der Waals surface area contributed by atoms with Crippen LogP contribution in [0.1, 0.15) is 5.69 Å². The first-order valence-electron chi connectivity index (χ1n) is 3.19. The molecule has 0 bridgehead atoms. The zero-order valence-electron chi connectivity index (χ0n) is 5.99. The highest BCUT2D eigenvalue weighted by Gasteiger charge is 2.02. The van der Waals surface area contributed by atoms with E-state index in [0.717, 1.165) is 28.9 Å². The third-order valence-corrected chi connectivity index (χ3v) is 2.67. The smallest absolute Gasteiger partial charge is 0.161 e. The number of rotatable bonds is 4. The van der Waals surface area contributed by atoms with Gasteiger partial charge in [-0.15, -0.1) is 0 Å². The van der Waals surface area contributed by atoms with E-state index in [4.69, 9.17) is 11.5 Å². The molecule has 6 heteroatoms. The minimum absolute atomic E-state index is 0.555. The lowest BCUT2D eigenvalue weighted by atomic mass is 10.5. The summed E-state index contributed by atoms with van der Waals surface area (Å²) >= 11 is 2.88. The second-order valence-electron chi connectivity index (χ2n) is 1.94. The first kappa shape index (κ1) is 8.76. The van der Waals surface area contributed by atoms with Gasteiger partial charge in [0.05, 0.1) is 11.7 Å². The van der Waals surface area contributed by atoms with Gasteiger partial charge >= 0.3 is 0 Å². The van der Waals surface area contributed by atoms with Crippen LogP contribution in [0.15, 0.2) is 0 Å². The highest BCUT2D eigenvalue weighted by atomic mass is 32.2. The van der Waals surface area contributed by atoms with Gasteiger partial charge in [0.1, 0.15) is 5.69 Å². The Morgan fingerprint density at radius 1 is 1.45 bits per heavy atom. The predicted molar refractivity (Wildman–Crippen MR) is 49.5 cm³/mol. The molecule has 0 aliphatic rings. The van der Waals surface area contributed by atoms with Crippen molar-refractivity contribution in [3.63, 3.8) is 0 Å². The van der Waals surface area contributed by atoms with Crippen molar-refractivity contribution in [3.8, 4) is 0 Å². The Kier molecular flexibility index (Phi) is 3.61. The first-order valence-corrected chi connectivity index (χ1v) is 5.08. The van der Waals surface area contributed by atoms with Gasteiger partial charge in [-0.3, -0.25) is 0 Å². The summed E-state index contributed by atoms with van der Waals surface area (Å²) in [5.74, 6) is 2.32. The lowest BCUT2D eigenvalue weighted by molar-refractivity contribution is 1.14. The van der Waals surface area contributed by atoms with E-state index in [9.17, 15) is 0 Å². The lowest BCUT2D eigenvalue weighted by Gasteiger charge is -1.94. The van der Waals surface area contributed by atoms with Gasteiger partial charge in [0.15, 0.2) is 5.82 Å². The van der Waals surface area contributed by atoms with Crippen molar-refractivity contribution in [2.45, 2.75) is 5.75 Å². The van der Waals surface area contributed by atoms with Crippen LogP contribution < -0.4 is 11.5 Å². The monoisotopic (exact) mass is 190 g/mol. The van der Waals surface area contributed by atoms with Gasteiger partial charge in [0.25, 0.3) is 0 Å². The molecule has 0 atom stereocenters. The second kappa shape index (κ2) is 4.53. The van der Waals surface area contributed by atoms with Crippen LogP contribution in [-0.2, 0) is 5.75 Å². The average Bonchev–Trinajstić information content (AvgIpc) is 2.37. The first-order chi connectivity index (χ1) is 5.34. The summed E-state index contributed by atoms with van der Waals surface area (Å²) in [5, 5.41) is 0. The van der Waals surface area contributed by atoms with Crippen molar-refractivity contribution in [3.05, 3.63) is 5.69 Å². The maximum atomic E-state index is 5.52. The van der Waals surface area contributed by atoms with Crippen molar-refractivity contribution < 1.29 is 0 Å². The van der Waals surface area contributed by atoms with E-state index in [1.54, 1.807) is 11.8 Å². The molecule has 0 radical (unpaired) electrons. The van der Waals surface area contributed by atoms with Gasteiger partial charge in [-0.2, -0.15) is 20.5 Å². The molecule has 1 aromatic heterocycles. The van der Waals surface area contributed by atoms with Crippen molar-refractivity contribution in [1.29, 1.82) is 0 Å². The second-order valence-corrected chi connectivity index (χ2v) is 3.57. The number of hydrogen-bond donors (Lipinski definition) is 2. The fourth-order valence-corrected chi connectivity index (χ4v) is 1.85. The molecule has 0 unspecified atom stereocenters. The van der Waals surface area contributed by atoms with E-state index in [2.05, 4.69) is 8.75 Å². The highest BCUT2D eigenvalue weighted by molar-refractivity contribution is 7.98. The number of nitrogens with two attached hydrogens (primary N) is 2. The third-order valence-electron chi connectivity index (χ3n) is 1.09. The highest BCUT2D eigenvalue weighted by Crippen LogP contribution is 2.15. The molecule has 0 spiro atoms. The SMILES string of the molecule is NCCSCc1nsnc1N. The van der Waals surface area contributed by atoms with E-state index in [-0.39, 0.29) is 0 Å². The summed E-state index contributed by atoms with van der Waals surface area (Å²) in [7, 11) is 0. The molecule has 1 aromatic rings. The predicted octanol–water partition coefficient (Wildman–Crippen LogP) is 0.312. The largest absolute Gasteiger partial charge is 0.381 e. The zero-order valence-corrected chi connectivity index (χ0v) is 7.62. The van der Waals surface area contributed by atoms with Gasteiger partial charge in [-0.05, 0) is 0 Å². The van der Waals surface area contributed by atoms with Crippen LogP contribution in [0.4, 0.5) is 5.82 Å². The molecule has 1 heterocycles. The Bertz CT molecular complexity index is 212. The van der Waals surface area contributed by atoms with Crippen molar-refractivity contribution in [2.24, 2.45) is 5.73 Å². The normalized spacial score (nSPS) is 10.3. The Morgan fingerprint density at radius 2 is 2.27 bits per heavy atom. The lowest BCUT2D eigenvalue weighted by Crippen LogP contribution is -2.01. The molecule has 0 amide bonds. The van der Waals surface area contributed by atoms with Crippen molar-refractivity contribution in [1.82, 2.24) is 8.75 Å². The van der Waals surface area contributed by atoms with E-state index in [1.807, 2.05) is 0 Å². The summed E-state index contributed by atoms with van der Waals surface area (Å²) in [6.45, 7) is 0.697. The molecule has 11 heavy (non-hydrogen) atoms. The molecule has 1 rings (SSSR count). The molecular weight excluding hydrogens is 180 g/mol. The molecule has 0 saturated carbocycles. The van der Waals surface area contributed by atoms with Crippen LogP contribution in [0.2, 0.25) is 0 Å². The molecule has 0 aromatic carbocycles. The van der Waals surface area contributed by atoms with Gasteiger partial charge in [0, 0.05) is 18.1 Å². The summed E-state index contributed by atoms with van der Waals surface area (Å²) < 4.78 is 7.89. The maximum absolute atomic E-state index is 5.52. The number of anilines is 1. The molecular formula is C5H10N4S2. The van der Waals surface area contributed by atoms with Crippen molar-refractivity contribution in [2.75, 3.05) is 18.0 Å². The minimum Gasteiger partial charge on any atom is -0.381 e. The molecule has 62 valence electrons. The Hall–Kier alpha value is -0.330. The fraction of sp³-hybridized carbons (Fsp3) is 0.600. The standard InChI is InChI=1S/C5H10N4S2/c6-1-2-10-3-4-5(7)9-11-8-4/h1-3,6H2,(H2,7,9). The molecule has 0 aliphatic heterocycles. The number of hydrogen-bond acceptors (Lipinski definition) is 6. The number of nitrogen functional groups attached to an aromatic ring is 1. The molecule has 4 nitrogen and oxygen atoms in total. The van der Waals surface area contributed by atoms with Crippen LogP contribution in [0, 0.1) is 0 Å².